The van der Waals surface area contributed by atoms with Crippen molar-refractivity contribution in [1.82, 2.24) is 14.3 Å². The highest BCUT2D eigenvalue weighted by Gasteiger charge is 2.20. The lowest BCUT2D eigenvalue weighted by atomic mass is 10.2. The maximum Gasteiger partial charge on any atom is 0.304 e. The van der Waals surface area contributed by atoms with Gasteiger partial charge >= 0.3 is 5.91 Å². The predicted molar refractivity (Wildman–Crippen MR) is 119 cm³/mol. The number of aryl methyl sites for hydroxylation is 1. The second-order valence-electron chi connectivity index (χ2n) is 6.98. The zero-order valence-electron chi connectivity index (χ0n) is 17.2. The van der Waals surface area contributed by atoms with Gasteiger partial charge in [0.25, 0.3) is 5.69 Å². The number of hydrogen-bond acceptors (Lipinski definition) is 6. The molecule has 2 heterocycles. The third-order valence-electron chi connectivity index (χ3n) is 4.77. The number of carbonyl (C=O) groups excluding carboxylic acids is 1. The molecule has 0 atom stereocenters. The molecule has 33 heavy (non-hydrogen) atoms. The van der Waals surface area contributed by atoms with E-state index in [2.05, 4.69) is 10.1 Å². The maximum atomic E-state index is 14.0. The molecule has 4 aromatic rings. The Balaban J connectivity index is 1.76. The van der Waals surface area contributed by atoms with Crippen LogP contribution in [0, 0.1) is 22.9 Å². The summed E-state index contributed by atoms with van der Waals surface area (Å²) < 4.78 is 16.8. The summed E-state index contributed by atoms with van der Waals surface area (Å²) in [5.74, 6) is -1.29. The van der Waals surface area contributed by atoms with Crippen molar-refractivity contribution in [3.05, 3.63) is 114 Å². The Hall–Kier alpha value is -4.25. The SMILES string of the molecule is Cc1cc(=O)c(C(=O)N=c2sccn2Cc2ccccc2F)nn1-c1ccccc1[N+](=O)[O-]. The average molecular weight is 465 g/mol. The standard InChI is InChI=1S/C22H16FN5O4S/c1-14-12-19(29)20(25-27(14)17-8-4-5-9-18(17)28(31)32)21(30)24-22-26(10-11-33-22)13-15-6-2-3-7-16(15)23/h2-12H,13H2,1H3. The summed E-state index contributed by atoms with van der Waals surface area (Å²) in [6.07, 6.45) is 1.65. The lowest BCUT2D eigenvalue weighted by Crippen LogP contribution is -2.24. The van der Waals surface area contributed by atoms with Gasteiger partial charge in [-0.2, -0.15) is 10.1 Å². The van der Waals surface area contributed by atoms with E-state index in [4.69, 9.17) is 0 Å². The van der Waals surface area contributed by atoms with Gasteiger partial charge in [0.1, 0.15) is 11.5 Å². The number of nitrogens with zero attached hydrogens (tertiary/aromatic N) is 5. The quantitative estimate of drug-likeness (QED) is 0.332. The van der Waals surface area contributed by atoms with Crippen molar-refractivity contribution in [2.24, 2.45) is 4.99 Å². The van der Waals surface area contributed by atoms with Crippen molar-refractivity contribution in [2.75, 3.05) is 0 Å². The lowest BCUT2D eigenvalue weighted by molar-refractivity contribution is -0.384. The molecule has 166 valence electrons. The first-order valence-electron chi connectivity index (χ1n) is 9.66. The van der Waals surface area contributed by atoms with Crippen molar-refractivity contribution >= 4 is 22.9 Å². The summed E-state index contributed by atoms with van der Waals surface area (Å²) in [5.41, 5.74) is -0.528. The molecule has 0 saturated carbocycles. The van der Waals surface area contributed by atoms with Gasteiger partial charge in [0.15, 0.2) is 10.5 Å². The Morgan fingerprint density at radius 3 is 2.70 bits per heavy atom. The predicted octanol–water partition coefficient (Wildman–Crippen LogP) is 3.24. The number of hydrogen-bond donors (Lipinski definition) is 0. The van der Waals surface area contributed by atoms with Crippen molar-refractivity contribution in [1.29, 1.82) is 0 Å². The van der Waals surface area contributed by atoms with Crippen LogP contribution in [0.15, 0.2) is 76.0 Å². The monoisotopic (exact) mass is 465 g/mol. The van der Waals surface area contributed by atoms with Crippen LogP contribution < -0.4 is 10.2 Å². The molecule has 0 fully saturated rings. The molecule has 2 aromatic heterocycles. The third kappa shape index (κ3) is 4.53. The van der Waals surface area contributed by atoms with Gasteiger partial charge in [-0.25, -0.2) is 9.07 Å². The molecule has 0 N–H and O–H groups in total. The molecule has 0 bridgehead atoms. The first kappa shape index (κ1) is 22.0. The number of carbonyl (C=O) groups is 1. The van der Waals surface area contributed by atoms with Crippen LogP contribution in [0.4, 0.5) is 10.1 Å². The Morgan fingerprint density at radius 1 is 1.21 bits per heavy atom. The summed E-state index contributed by atoms with van der Waals surface area (Å²) in [5, 5.41) is 17.2. The number of halogens is 1. The summed E-state index contributed by atoms with van der Waals surface area (Å²) in [4.78, 5) is 40.4. The third-order valence-corrected chi connectivity index (χ3v) is 5.57. The second kappa shape index (κ2) is 9.09. The van der Waals surface area contributed by atoms with Crippen molar-refractivity contribution < 1.29 is 14.1 Å². The number of amides is 1. The average Bonchev–Trinajstić information content (AvgIpc) is 3.21. The van der Waals surface area contributed by atoms with E-state index in [9.17, 15) is 24.1 Å². The number of aromatic nitrogens is 3. The maximum absolute atomic E-state index is 14.0. The Morgan fingerprint density at radius 2 is 1.94 bits per heavy atom. The van der Waals surface area contributed by atoms with Crippen LogP contribution in [0.1, 0.15) is 21.7 Å². The van der Waals surface area contributed by atoms with E-state index in [1.807, 2.05) is 0 Å². The smallest absolute Gasteiger partial charge is 0.304 e. The number of nitro benzene ring substituents is 1. The molecular weight excluding hydrogens is 449 g/mol. The zero-order chi connectivity index (χ0) is 23.5. The van der Waals surface area contributed by atoms with E-state index in [1.165, 1.54) is 35.0 Å². The Bertz CT molecular complexity index is 1500. The first-order valence-corrected chi connectivity index (χ1v) is 10.5. The fourth-order valence-corrected chi connectivity index (χ4v) is 3.92. The molecule has 0 aliphatic carbocycles. The molecule has 11 heteroatoms. The van der Waals surface area contributed by atoms with Crippen LogP contribution in [-0.2, 0) is 6.54 Å². The highest BCUT2D eigenvalue weighted by molar-refractivity contribution is 7.07. The van der Waals surface area contributed by atoms with Crippen LogP contribution in [0.3, 0.4) is 0 Å². The number of nitro groups is 1. The number of para-hydroxylation sites is 2. The van der Waals surface area contributed by atoms with Crippen LogP contribution in [0.25, 0.3) is 5.69 Å². The van der Waals surface area contributed by atoms with Gasteiger partial charge in [-0.15, -0.1) is 11.3 Å². The Kier molecular flexibility index (Phi) is 6.05. The van der Waals surface area contributed by atoms with E-state index in [0.29, 0.717) is 11.3 Å². The van der Waals surface area contributed by atoms with Gasteiger partial charge in [0.2, 0.25) is 5.43 Å². The van der Waals surface area contributed by atoms with Crippen LogP contribution in [0.2, 0.25) is 0 Å². The summed E-state index contributed by atoms with van der Waals surface area (Å²) >= 11 is 1.14. The van der Waals surface area contributed by atoms with Crippen LogP contribution >= 0.6 is 11.3 Å². The largest absolute Gasteiger partial charge is 0.319 e. The molecule has 0 unspecified atom stereocenters. The van der Waals surface area contributed by atoms with Gasteiger partial charge < -0.3 is 4.57 Å². The van der Waals surface area contributed by atoms with Crippen molar-refractivity contribution in [3.63, 3.8) is 0 Å². The van der Waals surface area contributed by atoms with Gasteiger partial charge in [-0.05, 0) is 19.1 Å². The number of thiazole rings is 1. The first-order chi connectivity index (χ1) is 15.8. The van der Waals surface area contributed by atoms with E-state index < -0.39 is 22.0 Å². The molecule has 0 spiro atoms. The van der Waals surface area contributed by atoms with Crippen LogP contribution in [0.5, 0.6) is 0 Å². The summed E-state index contributed by atoms with van der Waals surface area (Å²) in [7, 11) is 0. The molecule has 0 saturated heterocycles. The molecule has 4 rings (SSSR count). The Labute approximate surface area is 189 Å². The molecule has 0 aliphatic heterocycles. The molecule has 2 aromatic carbocycles. The minimum absolute atomic E-state index is 0.111. The lowest BCUT2D eigenvalue weighted by Gasteiger charge is -2.10. The summed E-state index contributed by atoms with van der Waals surface area (Å²) in [6.45, 7) is 1.70. The van der Waals surface area contributed by atoms with Crippen molar-refractivity contribution in [2.45, 2.75) is 13.5 Å². The molecular formula is C22H16FN5O4S. The van der Waals surface area contributed by atoms with E-state index in [-0.39, 0.29) is 28.5 Å². The zero-order valence-corrected chi connectivity index (χ0v) is 18.0. The van der Waals surface area contributed by atoms with Crippen LogP contribution in [-0.4, -0.2) is 25.2 Å². The molecule has 1 amide bonds. The number of rotatable bonds is 5. The van der Waals surface area contributed by atoms with E-state index in [1.54, 1.807) is 47.3 Å². The minimum atomic E-state index is -0.905. The normalized spacial score (nSPS) is 11.5. The second-order valence-corrected chi connectivity index (χ2v) is 7.85. The number of benzene rings is 2. The van der Waals surface area contributed by atoms with E-state index in [0.717, 1.165) is 11.3 Å². The van der Waals surface area contributed by atoms with Crippen molar-refractivity contribution in [3.8, 4) is 5.69 Å². The van der Waals surface area contributed by atoms with Gasteiger partial charge in [-0.1, -0.05) is 30.3 Å². The summed E-state index contributed by atoms with van der Waals surface area (Å²) in [6, 6.07) is 13.3. The fraction of sp³-hybridized carbons (Fsp3) is 0.0909. The highest BCUT2D eigenvalue weighted by atomic mass is 32.1. The van der Waals surface area contributed by atoms with Gasteiger partial charge in [0.05, 0.1) is 11.5 Å². The van der Waals surface area contributed by atoms with Gasteiger partial charge in [-0.3, -0.25) is 19.7 Å². The highest BCUT2D eigenvalue weighted by Crippen LogP contribution is 2.22. The topological polar surface area (TPSA) is 112 Å². The minimum Gasteiger partial charge on any atom is -0.319 e. The van der Waals surface area contributed by atoms with Gasteiger partial charge in [0, 0.05) is 35.0 Å². The molecule has 9 nitrogen and oxygen atoms in total. The fourth-order valence-electron chi connectivity index (χ4n) is 3.19. The molecule has 0 radical (unpaired) electrons. The molecule has 0 aliphatic rings. The van der Waals surface area contributed by atoms with E-state index >= 15 is 0 Å².